The van der Waals surface area contributed by atoms with Crippen LogP contribution in [-0.4, -0.2) is 39.3 Å². The minimum absolute atomic E-state index is 0.0816. The molecule has 0 saturated heterocycles. The summed E-state index contributed by atoms with van der Waals surface area (Å²) in [5, 5.41) is 13.8. The van der Waals surface area contributed by atoms with E-state index >= 15 is 0 Å². The van der Waals surface area contributed by atoms with E-state index in [0.717, 1.165) is 0 Å². The minimum Gasteiger partial charge on any atom is -0.496 e. The number of benzene rings is 2. The first-order chi connectivity index (χ1) is 12.9. The highest BCUT2D eigenvalue weighted by atomic mass is 16.6. The van der Waals surface area contributed by atoms with Gasteiger partial charge in [-0.05, 0) is 18.2 Å². The number of nitro groups is 1. The summed E-state index contributed by atoms with van der Waals surface area (Å²) in [6.45, 7) is 0.127. The lowest BCUT2D eigenvalue weighted by Crippen LogP contribution is -2.23. The molecule has 1 amide bonds. The van der Waals surface area contributed by atoms with E-state index in [1.807, 2.05) is 0 Å². The molecule has 2 aromatic carbocycles. The van der Waals surface area contributed by atoms with Crippen molar-refractivity contribution in [1.82, 2.24) is 5.32 Å². The molecule has 0 radical (unpaired) electrons. The number of hydrogen-bond donors (Lipinski definition) is 1. The van der Waals surface area contributed by atoms with Gasteiger partial charge in [-0.25, -0.2) is 0 Å². The maximum Gasteiger partial charge on any atom is 0.311 e. The summed E-state index contributed by atoms with van der Waals surface area (Å²) in [4.78, 5) is 22.9. The Kier molecular flexibility index (Phi) is 6.42. The predicted molar refractivity (Wildman–Crippen MR) is 96.9 cm³/mol. The first kappa shape index (κ1) is 19.8. The molecule has 0 aliphatic rings. The van der Waals surface area contributed by atoms with Gasteiger partial charge in [0.2, 0.25) is 0 Å². The van der Waals surface area contributed by atoms with Crippen LogP contribution in [0.4, 0.5) is 5.69 Å². The molecule has 2 rings (SSSR count). The van der Waals surface area contributed by atoms with E-state index in [1.54, 1.807) is 12.1 Å². The average molecular weight is 376 g/mol. The maximum atomic E-state index is 12.4. The standard InChI is InChI=1S/C18H20N2O7/c1-24-14-6-5-11(7-13(14)20(22)23)18(21)19-10-12-8-16(26-3)17(27-4)9-15(12)25-2/h5-9H,10H2,1-4H3,(H,19,21). The van der Waals surface area contributed by atoms with E-state index in [1.165, 1.54) is 46.6 Å². The van der Waals surface area contributed by atoms with Gasteiger partial charge in [0, 0.05) is 29.8 Å². The van der Waals surface area contributed by atoms with Gasteiger partial charge in [0.25, 0.3) is 5.91 Å². The van der Waals surface area contributed by atoms with Crippen LogP contribution in [0.1, 0.15) is 15.9 Å². The molecule has 0 bridgehead atoms. The highest BCUT2D eigenvalue weighted by Gasteiger charge is 2.19. The van der Waals surface area contributed by atoms with Crippen molar-refractivity contribution in [3.8, 4) is 23.0 Å². The van der Waals surface area contributed by atoms with Crippen molar-refractivity contribution in [3.05, 3.63) is 51.6 Å². The second-order valence-corrected chi connectivity index (χ2v) is 5.35. The average Bonchev–Trinajstić information content (AvgIpc) is 2.70. The number of nitro benzene ring substituents is 1. The van der Waals surface area contributed by atoms with Crippen LogP contribution in [0.2, 0.25) is 0 Å². The Balaban J connectivity index is 2.23. The molecule has 0 unspecified atom stereocenters. The number of carbonyl (C=O) groups excluding carboxylic acids is 1. The topological polar surface area (TPSA) is 109 Å². The van der Waals surface area contributed by atoms with Crippen molar-refractivity contribution in [1.29, 1.82) is 0 Å². The molecule has 0 heterocycles. The van der Waals surface area contributed by atoms with E-state index in [2.05, 4.69) is 5.32 Å². The number of nitrogens with zero attached hydrogens (tertiary/aromatic N) is 1. The van der Waals surface area contributed by atoms with Crippen molar-refractivity contribution in [2.75, 3.05) is 28.4 Å². The summed E-state index contributed by atoms with van der Waals surface area (Å²) >= 11 is 0. The summed E-state index contributed by atoms with van der Waals surface area (Å²) in [7, 11) is 5.84. The third-order valence-corrected chi connectivity index (χ3v) is 3.86. The molecule has 2 aromatic rings. The van der Waals surface area contributed by atoms with Crippen LogP contribution in [0.15, 0.2) is 30.3 Å². The van der Waals surface area contributed by atoms with Crippen molar-refractivity contribution in [3.63, 3.8) is 0 Å². The lowest BCUT2D eigenvalue weighted by molar-refractivity contribution is -0.385. The highest BCUT2D eigenvalue weighted by Crippen LogP contribution is 2.34. The summed E-state index contributed by atoms with van der Waals surface area (Å²) < 4.78 is 20.7. The third-order valence-electron chi connectivity index (χ3n) is 3.86. The van der Waals surface area contributed by atoms with E-state index in [-0.39, 0.29) is 23.5 Å². The molecule has 0 atom stereocenters. The fourth-order valence-electron chi connectivity index (χ4n) is 2.48. The first-order valence-electron chi connectivity index (χ1n) is 7.84. The Morgan fingerprint density at radius 1 is 0.926 bits per heavy atom. The molecular formula is C18H20N2O7. The zero-order valence-corrected chi connectivity index (χ0v) is 15.4. The van der Waals surface area contributed by atoms with Crippen LogP contribution in [0.3, 0.4) is 0 Å². The second-order valence-electron chi connectivity index (χ2n) is 5.35. The van der Waals surface area contributed by atoms with E-state index in [4.69, 9.17) is 18.9 Å². The number of carbonyl (C=O) groups is 1. The van der Waals surface area contributed by atoms with Gasteiger partial charge in [0.1, 0.15) is 5.75 Å². The van der Waals surface area contributed by atoms with Crippen LogP contribution in [0, 0.1) is 10.1 Å². The van der Waals surface area contributed by atoms with Gasteiger partial charge >= 0.3 is 5.69 Å². The number of nitrogens with one attached hydrogen (secondary N) is 1. The number of hydrogen-bond acceptors (Lipinski definition) is 7. The van der Waals surface area contributed by atoms with Crippen LogP contribution in [-0.2, 0) is 6.54 Å². The molecule has 27 heavy (non-hydrogen) atoms. The third kappa shape index (κ3) is 4.38. The maximum absolute atomic E-state index is 12.4. The Bertz CT molecular complexity index is 852. The summed E-state index contributed by atoms with van der Waals surface area (Å²) in [6, 6.07) is 7.34. The highest BCUT2D eigenvalue weighted by molar-refractivity contribution is 5.95. The monoisotopic (exact) mass is 376 g/mol. The van der Waals surface area contributed by atoms with Crippen LogP contribution in [0.5, 0.6) is 23.0 Å². The fourth-order valence-corrected chi connectivity index (χ4v) is 2.48. The number of amides is 1. The normalized spacial score (nSPS) is 10.1. The predicted octanol–water partition coefficient (Wildman–Crippen LogP) is 2.56. The lowest BCUT2D eigenvalue weighted by atomic mass is 10.1. The molecule has 0 aliphatic heterocycles. The molecule has 0 fully saturated rings. The fraction of sp³-hybridized carbons (Fsp3) is 0.278. The van der Waals surface area contributed by atoms with E-state index < -0.39 is 10.8 Å². The van der Waals surface area contributed by atoms with Gasteiger partial charge in [-0.15, -0.1) is 0 Å². The van der Waals surface area contributed by atoms with Crippen molar-refractivity contribution < 1.29 is 28.7 Å². The summed E-state index contributed by atoms with van der Waals surface area (Å²) in [5.41, 5.74) is 0.516. The Morgan fingerprint density at radius 2 is 1.52 bits per heavy atom. The minimum atomic E-state index is -0.604. The lowest BCUT2D eigenvalue weighted by Gasteiger charge is -2.14. The molecular weight excluding hydrogens is 356 g/mol. The van der Waals surface area contributed by atoms with Gasteiger partial charge in [0.05, 0.1) is 33.4 Å². The van der Waals surface area contributed by atoms with Crippen LogP contribution >= 0.6 is 0 Å². The van der Waals surface area contributed by atoms with Crippen LogP contribution < -0.4 is 24.3 Å². The second kappa shape index (κ2) is 8.75. The van der Waals surface area contributed by atoms with Crippen LogP contribution in [0.25, 0.3) is 0 Å². The smallest absolute Gasteiger partial charge is 0.311 e. The van der Waals surface area contributed by atoms with E-state index in [9.17, 15) is 14.9 Å². The van der Waals surface area contributed by atoms with Crippen molar-refractivity contribution in [2.45, 2.75) is 6.54 Å². The van der Waals surface area contributed by atoms with E-state index in [0.29, 0.717) is 22.8 Å². The number of methoxy groups -OCH3 is 4. The SMILES string of the molecule is COc1cc(OC)c(OC)cc1CNC(=O)c1ccc(OC)c([N+](=O)[O-])c1. The van der Waals surface area contributed by atoms with Gasteiger partial charge < -0.3 is 24.3 Å². The van der Waals surface area contributed by atoms with Crippen molar-refractivity contribution in [2.24, 2.45) is 0 Å². The number of rotatable bonds is 8. The zero-order chi connectivity index (χ0) is 20.0. The Morgan fingerprint density at radius 3 is 2.07 bits per heavy atom. The molecule has 9 nitrogen and oxygen atoms in total. The van der Waals surface area contributed by atoms with Gasteiger partial charge in [0.15, 0.2) is 17.2 Å². The van der Waals surface area contributed by atoms with Gasteiger partial charge in [-0.2, -0.15) is 0 Å². The molecule has 0 spiro atoms. The Labute approximate surface area is 155 Å². The summed E-state index contributed by atoms with van der Waals surface area (Å²) in [6.07, 6.45) is 0. The zero-order valence-electron chi connectivity index (χ0n) is 15.4. The molecule has 1 N–H and O–H groups in total. The quantitative estimate of drug-likeness (QED) is 0.557. The molecule has 9 heteroatoms. The molecule has 144 valence electrons. The van der Waals surface area contributed by atoms with Gasteiger partial charge in [-0.3, -0.25) is 14.9 Å². The van der Waals surface area contributed by atoms with Gasteiger partial charge in [-0.1, -0.05) is 0 Å². The molecule has 0 saturated carbocycles. The Hall–Kier alpha value is -3.49. The largest absolute Gasteiger partial charge is 0.496 e. The first-order valence-corrected chi connectivity index (χ1v) is 7.84. The molecule has 0 aliphatic carbocycles. The molecule has 0 aromatic heterocycles. The number of ether oxygens (including phenoxy) is 4. The van der Waals surface area contributed by atoms with Crippen molar-refractivity contribution >= 4 is 11.6 Å². The summed E-state index contributed by atoms with van der Waals surface area (Å²) in [5.74, 6) is 1.10.